The van der Waals surface area contributed by atoms with Gasteiger partial charge in [0.15, 0.2) is 9.84 Å². The molecule has 0 unspecified atom stereocenters. The van der Waals surface area contributed by atoms with E-state index in [4.69, 9.17) is 0 Å². The lowest BCUT2D eigenvalue weighted by atomic mass is 10.3. The molecule has 1 N–H and O–H groups in total. The van der Waals surface area contributed by atoms with Crippen LogP contribution in [-0.2, 0) is 16.4 Å². The molecular formula is C15H19NO2S2. The molecule has 0 bridgehead atoms. The molecule has 0 amide bonds. The van der Waals surface area contributed by atoms with Crippen molar-refractivity contribution >= 4 is 26.9 Å². The summed E-state index contributed by atoms with van der Waals surface area (Å²) < 4.78 is 23.4. The van der Waals surface area contributed by atoms with Gasteiger partial charge in [0.25, 0.3) is 0 Å². The number of thiophene rings is 1. The highest BCUT2D eigenvalue weighted by atomic mass is 32.2. The molecule has 1 heterocycles. The van der Waals surface area contributed by atoms with Crippen molar-refractivity contribution in [2.45, 2.75) is 32.2 Å². The molecule has 0 aliphatic carbocycles. The number of hydrogen-bond acceptors (Lipinski definition) is 4. The van der Waals surface area contributed by atoms with Gasteiger partial charge in [-0.15, -0.1) is 11.3 Å². The second kappa shape index (κ2) is 5.97. The van der Waals surface area contributed by atoms with Gasteiger partial charge in [0, 0.05) is 22.0 Å². The van der Waals surface area contributed by atoms with Crippen LogP contribution in [0.2, 0.25) is 0 Å². The molecule has 0 spiro atoms. The van der Waals surface area contributed by atoms with E-state index < -0.39 is 9.84 Å². The summed E-state index contributed by atoms with van der Waals surface area (Å²) in [6.45, 7) is 6.65. The van der Waals surface area contributed by atoms with Crippen molar-refractivity contribution in [1.29, 1.82) is 0 Å². The Morgan fingerprint density at radius 1 is 1.15 bits per heavy atom. The summed E-state index contributed by atoms with van der Waals surface area (Å²) in [4.78, 5) is 3.00. The van der Waals surface area contributed by atoms with Gasteiger partial charge in [-0.3, -0.25) is 0 Å². The van der Waals surface area contributed by atoms with Crippen LogP contribution in [0.1, 0.15) is 22.2 Å². The first-order chi connectivity index (χ1) is 9.42. The Morgan fingerprint density at radius 3 is 2.30 bits per heavy atom. The minimum Gasteiger partial charge on any atom is -0.380 e. The molecule has 0 aliphatic rings. The van der Waals surface area contributed by atoms with Crippen LogP contribution < -0.4 is 5.32 Å². The number of rotatable bonds is 5. The van der Waals surface area contributed by atoms with E-state index in [-0.39, 0.29) is 5.75 Å². The van der Waals surface area contributed by atoms with Crippen LogP contribution in [0.5, 0.6) is 0 Å². The van der Waals surface area contributed by atoms with Gasteiger partial charge >= 0.3 is 0 Å². The summed E-state index contributed by atoms with van der Waals surface area (Å²) in [6, 6.07) is 9.13. The Morgan fingerprint density at radius 2 is 1.80 bits per heavy atom. The van der Waals surface area contributed by atoms with Crippen molar-refractivity contribution < 1.29 is 8.42 Å². The number of anilines is 1. The van der Waals surface area contributed by atoms with Crippen molar-refractivity contribution in [3.8, 4) is 0 Å². The molecule has 5 heteroatoms. The summed E-state index contributed by atoms with van der Waals surface area (Å²) >= 11 is 1.79. The number of sulfone groups is 1. The monoisotopic (exact) mass is 309 g/mol. The standard InChI is InChI=1S/C15H19NO2S2/c1-4-20(17,18)15-7-5-13(6-8-15)16-10-14-9-11(2)12(3)19-14/h5-9,16H,4,10H2,1-3H3. The molecule has 0 aliphatic heterocycles. The first kappa shape index (κ1) is 15.1. The van der Waals surface area contributed by atoms with Crippen LogP contribution in [0.3, 0.4) is 0 Å². The van der Waals surface area contributed by atoms with Crippen LogP contribution in [0.15, 0.2) is 35.2 Å². The Hall–Kier alpha value is -1.33. The van der Waals surface area contributed by atoms with Gasteiger partial charge in [0.2, 0.25) is 0 Å². The number of benzene rings is 1. The first-order valence-electron chi connectivity index (χ1n) is 6.55. The summed E-state index contributed by atoms with van der Waals surface area (Å²) in [5.74, 6) is 0.132. The molecule has 20 heavy (non-hydrogen) atoms. The molecule has 2 rings (SSSR count). The maximum absolute atomic E-state index is 11.7. The SMILES string of the molecule is CCS(=O)(=O)c1ccc(NCc2cc(C)c(C)s2)cc1. The molecule has 0 atom stereocenters. The topological polar surface area (TPSA) is 46.2 Å². The van der Waals surface area contributed by atoms with E-state index in [1.165, 1.54) is 15.3 Å². The number of hydrogen-bond donors (Lipinski definition) is 1. The van der Waals surface area contributed by atoms with Crippen LogP contribution in [0, 0.1) is 13.8 Å². The van der Waals surface area contributed by atoms with Gasteiger partial charge in [-0.05, 0) is 49.7 Å². The smallest absolute Gasteiger partial charge is 0.178 e. The Labute approximate surface area is 124 Å². The van der Waals surface area contributed by atoms with Gasteiger partial charge in [-0.1, -0.05) is 6.92 Å². The maximum Gasteiger partial charge on any atom is 0.178 e. The second-order valence-corrected chi connectivity index (χ2v) is 8.35. The minimum absolute atomic E-state index is 0.132. The highest BCUT2D eigenvalue weighted by Gasteiger charge is 2.10. The van der Waals surface area contributed by atoms with E-state index in [1.54, 1.807) is 30.4 Å². The highest BCUT2D eigenvalue weighted by Crippen LogP contribution is 2.22. The molecule has 0 saturated heterocycles. The molecule has 0 fully saturated rings. The van der Waals surface area contributed by atoms with E-state index in [2.05, 4.69) is 25.2 Å². The van der Waals surface area contributed by atoms with E-state index >= 15 is 0 Å². The van der Waals surface area contributed by atoms with Crippen LogP contribution >= 0.6 is 11.3 Å². The highest BCUT2D eigenvalue weighted by molar-refractivity contribution is 7.91. The van der Waals surface area contributed by atoms with Gasteiger partial charge in [0.05, 0.1) is 10.6 Å². The zero-order valence-electron chi connectivity index (χ0n) is 11.9. The van der Waals surface area contributed by atoms with Crippen LogP contribution in [-0.4, -0.2) is 14.2 Å². The molecule has 1 aromatic carbocycles. The predicted molar refractivity (Wildman–Crippen MR) is 85.3 cm³/mol. The number of aryl methyl sites for hydroxylation is 2. The fourth-order valence-electron chi connectivity index (χ4n) is 1.87. The third-order valence-electron chi connectivity index (χ3n) is 3.28. The average Bonchev–Trinajstić information content (AvgIpc) is 2.76. The zero-order chi connectivity index (χ0) is 14.8. The average molecular weight is 309 g/mol. The van der Waals surface area contributed by atoms with Crippen molar-refractivity contribution in [3.05, 3.63) is 45.6 Å². The molecule has 0 saturated carbocycles. The second-order valence-electron chi connectivity index (χ2n) is 4.73. The fourth-order valence-corrected chi connectivity index (χ4v) is 3.75. The normalized spacial score (nSPS) is 11.6. The summed E-state index contributed by atoms with van der Waals surface area (Å²) in [6.07, 6.45) is 0. The quantitative estimate of drug-likeness (QED) is 0.914. The lowest BCUT2D eigenvalue weighted by molar-refractivity contribution is 0.597. The van der Waals surface area contributed by atoms with Crippen molar-refractivity contribution in [3.63, 3.8) is 0 Å². The van der Waals surface area contributed by atoms with E-state index in [0.29, 0.717) is 4.90 Å². The largest absolute Gasteiger partial charge is 0.380 e. The van der Waals surface area contributed by atoms with Crippen LogP contribution in [0.25, 0.3) is 0 Å². The molecule has 0 radical (unpaired) electrons. The van der Waals surface area contributed by atoms with E-state index in [1.807, 2.05) is 12.1 Å². The molecular weight excluding hydrogens is 290 g/mol. The molecule has 3 nitrogen and oxygen atoms in total. The lowest BCUT2D eigenvalue weighted by Crippen LogP contribution is -2.04. The third-order valence-corrected chi connectivity index (χ3v) is 6.18. The van der Waals surface area contributed by atoms with Gasteiger partial charge in [-0.25, -0.2) is 8.42 Å². The predicted octanol–water partition coefficient (Wildman–Crippen LogP) is 3.77. The maximum atomic E-state index is 11.7. The van der Waals surface area contributed by atoms with Crippen molar-refractivity contribution in [1.82, 2.24) is 0 Å². The molecule has 108 valence electrons. The third kappa shape index (κ3) is 3.41. The minimum atomic E-state index is -3.11. The summed E-state index contributed by atoms with van der Waals surface area (Å²) in [7, 11) is -3.11. The summed E-state index contributed by atoms with van der Waals surface area (Å²) in [5, 5.41) is 3.31. The van der Waals surface area contributed by atoms with E-state index in [0.717, 1.165) is 12.2 Å². The fraction of sp³-hybridized carbons (Fsp3) is 0.333. The number of nitrogens with one attached hydrogen (secondary N) is 1. The molecule has 2 aromatic rings. The van der Waals surface area contributed by atoms with E-state index in [9.17, 15) is 8.42 Å². The lowest BCUT2D eigenvalue weighted by Gasteiger charge is -2.06. The zero-order valence-corrected chi connectivity index (χ0v) is 13.6. The van der Waals surface area contributed by atoms with Gasteiger partial charge in [0.1, 0.15) is 0 Å². The van der Waals surface area contributed by atoms with Crippen molar-refractivity contribution in [2.75, 3.05) is 11.1 Å². The Balaban J connectivity index is 2.04. The van der Waals surface area contributed by atoms with Gasteiger partial charge < -0.3 is 5.32 Å². The van der Waals surface area contributed by atoms with Crippen LogP contribution in [0.4, 0.5) is 5.69 Å². The van der Waals surface area contributed by atoms with Crippen molar-refractivity contribution in [2.24, 2.45) is 0 Å². The first-order valence-corrected chi connectivity index (χ1v) is 9.02. The van der Waals surface area contributed by atoms with Gasteiger partial charge in [-0.2, -0.15) is 0 Å². The molecule has 1 aromatic heterocycles. The summed E-state index contributed by atoms with van der Waals surface area (Å²) in [5.41, 5.74) is 2.25. The Kier molecular flexibility index (Phi) is 4.50. The Bertz CT molecular complexity index is 666.